The number of nitrogens with zero attached hydrogens (tertiary/aromatic N) is 3. The third kappa shape index (κ3) is 10.6. The van der Waals surface area contributed by atoms with Gasteiger partial charge in [-0.05, 0) is 38.6 Å². The highest BCUT2D eigenvalue weighted by Crippen LogP contribution is 2.06. The lowest BCUT2D eigenvalue weighted by atomic mass is 10.0. The van der Waals surface area contributed by atoms with Crippen molar-refractivity contribution in [3.63, 3.8) is 0 Å². The minimum absolute atomic E-state index is 0.00857. The summed E-state index contributed by atoms with van der Waals surface area (Å²) in [6.45, 7) is 12.4. The average Bonchev–Trinajstić information content (AvgIpc) is 2.61. The van der Waals surface area contributed by atoms with Crippen LogP contribution in [0.15, 0.2) is 4.99 Å². The molecule has 0 saturated carbocycles. The lowest BCUT2D eigenvalue weighted by Gasteiger charge is -2.26. The Bertz CT molecular complexity index is 420. The van der Waals surface area contributed by atoms with Crippen molar-refractivity contribution in [2.24, 2.45) is 10.9 Å². The van der Waals surface area contributed by atoms with Gasteiger partial charge in [-0.3, -0.25) is 9.69 Å². The number of likely N-dealkylation sites (N-methyl/N-ethyl adjacent to an activating group) is 1. The molecule has 0 aromatic heterocycles. The molecule has 2 N–H and O–H groups in total. The van der Waals surface area contributed by atoms with Gasteiger partial charge >= 0.3 is 0 Å². The maximum Gasteiger partial charge on any atom is 0.243 e. The topological polar surface area (TPSA) is 69.2 Å². The molecular formula is C19H39N5O2. The van der Waals surface area contributed by atoms with Crippen molar-refractivity contribution in [2.75, 3.05) is 60.0 Å². The molecule has 0 aromatic rings. The minimum Gasteiger partial charge on any atom is -0.379 e. The first-order valence-corrected chi connectivity index (χ1v) is 9.93. The van der Waals surface area contributed by atoms with E-state index in [-0.39, 0.29) is 12.5 Å². The van der Waals surface area contributed by atoms with Crippen molar-refractivity contribution in [1.82, 2.24) is 20.4 Å². The van der Waals surface area contributed by atoms with E-state index in [4.69, 9.17) is 4.74 Å². The molecule has 0 bridgehead atoms. The Morgan fingerprint density at radius 1 is 1.19 bits per heavy atom. The van der Waals surface area contributed by atoms with Crippen molar-refractivity contribution in [1.29, 1.82) is 0 Å². The molecule has 152 valence electrons. The van der Waals surface area contributed by atoms with Gasteiger partial charge in [-0.2, -0.15) is 0 Å². The van der Waals surface area contributed by atoms with Gasteiger partial charge in [0.05, 0.1) is 13.2 Å². The first kappa shape index (κ1) is 22.7. The second-order valence-corrected chi connectivity index (χ2v) is 7.70. The van der Waals surface area contributed by atoms with Gasteiger partial charge in [-0.15, -0.1) is 0 Å². The van der Waals surface area contributed by atoms with E-state index in [1.165, 1.54) is 6.42 Å². The molecule has 7 nitrogen and oxygen atoms in total. The van der Waals surface area contributed by atoms with Crippen LogP contribution in [-0.4, -0.2) is 87.7 Å². The molecule has 1 aliphatic heterocycles. The highest BCUT2D eigenvalue weighted by molar-refractivity contribution is 5.84. The van der Waals surface area contributed by atoms with E-state index in [1.807, 2.05) is 0 Å². The van der Waals surface area contributed by atoms with E-state index >= 15 is 0 Å². The summed E-state index contributed by atoms with van der Waals surface area (Å²) in [5, 5.41) is 6.82. The fraction of sp³-hybridized carbons (Fsp3) is 0.895. The van der Waals surface area contributed by atoms with E-state index in [0.717, 1.165) is 58.2 Å². The summed E-state index contributed by atoms with van der Waals surface area (Å²) in [5.41, 5.74) is 0. The third-order valence-electron chi connectivity index (χ3n) is 4.48. The quantitative estimate of drug-likeness (QED) is 0.344. The van der Waals surface area contributed by atoms with Crippen molar-refractivity contribution < 1.29 is 9.53 Å². The van der Waals surface area contributed by atoms with E-state index in [1.54, 1.807) is 19.0 Å². The largest absolute Gasteiger partial charge is 0.379 e. The maximum atomic E-state index is 11.8. The van der Waals surface area contributed by atoms with Gasteiger partial charge in [0.2, 0.25) is 5.91 Å². The Hall–Kier alpha value is -1.34. The smallest absolute Gasteiger partial charge is 0.243 e. The Morgan fingerprint density at radius 3 is 2.50 bits per heavy atom. The number of carbonyl (C=O) groups excluding carboxylic acids is 1. The highest BCUT2D eigenvalue weighted by Gasteiger charge is 2.11. The lowest BCUT2D eigenvalue weighted by molar-refractivity contribution is -0.127. The zero-order valence-corrected chi connectivity index (χ0v) is 17.4. The van der Waals surface area contributed by atoms with Gasteiger partial charge in [0, 0.05) is 39.8 Å². The van der Waals surface area contributed by atoms with Crippen LogP contribution >= 0.6 is 0 Å². The molecule has 1 rings (SSSR count). The van der Waals surface area contributed by atoms with Gasteiger partial charge in [-0.1, -0.05) is 13.8 Å². The van der Waals surface area contributed by atoms with E-state index in [9.17, 15) is 4.79 Å². The highest BCUT2D eigenvalue weighted by atomic mass is 16.5. The molecule has 1 atom stereocenters. The van der Waals surface area contributed by atoms with Crippen molar-refractivity contribution in [3.05, 3.63) is 0 Å². The van der Waals surface area contributed by atoms with Gasteiger partial charge < -0.3 is 20.3 Å². The Balaban J connectivity index is 2.42. The molecule has 1 saturated heterocycles. The number of guanidine groups is 1. The maximum absolute atomic E-state index is 11.8. The summed E-state index contributed by atoms with van der Waals surface area (Å²) < 4.78 is 5.38. The Labute approximate surface area is 159 Å². The SMILES string of the molecule is CC(C)CCC(C)NC(=NCC(=O)N(C)C)NCCCN1CCOCC1. The molecule has 1 amide bonds. The average molecular weight is 370 g/mol. The van der Waals surface area contributed by atoms with Gasteiger partial charge in [0.15, 0.2) is 5.96 Å². The van der Waals surface area contributed by atoms with E-state index in [0.29, 0.717) is 12.0 Å². The first-order valence-electron chi connectivity index (χ1n) is 9.93. The summed E-state index contributed by atoms with van der Waals surface area (Å²) in [7, 11) is 3.51. The number of nitrogens with one attached hydrogen (secondary N) is 2. The standard InChI is InChI=1S/C19H39N5O2/c1-16(2)7-8-17(3)22-19(21-15-18(25)23(4)5)20-9-6-10-24-11-13-26-14-12-24/h16-17H,6-15H2,1-5H3,(H2,20,21,22). The van der Waals surface area contributed by atoms with Crippen LogP contribution < -0.4 is 10.6 Å². The van der Waals surface area contributed by atoms with Crippen LogP contribution in [0.25, 0.3) is 0 Å². The fourth-order valence-electron chi connectivity index (χ4n) is 2.66. The number of carbonyl (C=O) groups is 1. The van der Waals surface area contributed by atoms with Crippen LogP contribution in [0.4, 0.5) is 0 Å². The predicted octanol–water partition coefficient (Wildman–Crippen LogP) is 1.16. The molecule has 26 heavy (non-hydrogen) atoms. The molecule has 1 heterocycles. The van der Waals surface area contributed by atoms with Gasteiger partial charge in [0.25, 0.3) is 0 Å². The molecular weight excluding hydrogens is 330 g/mol. The molecule has 1 fully saturated rings. The fourth-order valence-corrected chi connectivity index (χ4v) is 2.66. The lowest BCUT2D eigenvalue weighted by Crippen LogP contribution is -2.44. The van der Waals surface area contributed by atoms with Crippen LogP contribution in [0.1, 0.15) is 40.0 Å². The van der Waals surface area contributed by atoms with Crippen LogP contribution in [0.5, 0.6) is 0 Å². The molecule has 1 aliphatic rings. The summed E-state index contributed by atoms with van der Waals surface area (Å²) in [6.07, 6.45) is 3.31. The summed E-state index contributed by atoms with van der Waals surface area (Å²) in [6, 6.07) is 0.331. The minimum atomic E-state index is 0.00857. The summed E-state index contributed by atoms with van der Waals surface area (Å²) >= 11 is 0. The van der Waals surface area contributed by atoms with Crippen molar-refractivity contribution >= 4 is 11.9 Å². The zero-order chi connectivity index (χ0) is 19.4. The van der Waals surface area contributed by atoms with Crippen LogP contribution in [0.3, 0.4) is 0 Å². The van der Waals surface area contributed by atoms with Crippen LogP contribution in [0.2, 0.25) is 0 Å². The van der Waals surface area contributed by atoms with E-state index in [2.05, 4.69) is 41.3 Å². The molecule has 0 radical (unpaired) electrons. The third-order valence-corrected chi connectivity index (χ3v) is 4.48. The van der Waals surface area contributed by atoms with Crippen molar-refractivity contribution in [3.8, 4) is 0 Å². The monoisotopic (exact) mass is 369 g/mol. The number of rotatable bonds is 10. The van der Waals surface area contributed by atoms with E-state index < -0.39 is 0 Å². The van der Waals surface area contributed by atoms with Gasteiger partial charge in [0.1, 0.15) is 6.54 Å². The second-order valence-electron chi connectivity index (χ2n) is 7.70. The number of ether oxygens (including phenoxy) is 1. The Kier molecular flexibility index (Phi) is 11.3. The second kappa shape index (κ2) is 12.9. The number of morpholine rings is 1. The molecule has 0 aliphatic carbocycles. The normalized spacial score (nSPS) is 17.2. The number of hydrogen-bond donors (Lipinski definition) is 2. The molecule has 0 aromatic carbocycles. The van der Waals surface area contributed by atoms with Crippen LogP contribution in [-0.2, 0) is 9.53 Å². The van der Waals surface area contributed by atoms with Crippen LogP contribution in [0, 0.1) is 5.92 Å². The number of amides is 1. The summed E-state index contributed by atoms with van der Waals surface area (Å²) in [4.78, 5) is 20.3. The predicted molar refractivity (Wildman–Crippen MR) is 108 cm³/mol. The number of hydrogen-bond acceptors (Lipinski definition) is 4. The zero-order valence-electron chi connectivity index (χ0n) is 17.4. The Morgan fingerprint density at radius 2 is 1.88 bits per heavy atom. The molecule has 1 unspecified atom stereocenters. The number of aliphatic imine (C=N–C) groups is 1. The van der Waals surface area contributed by atoms with Gasteiger partial charge in [-0.25, -0.2) is 4.99 Å². The van der Waals surface area contributed by atoms with Crippen molar-refractivity contribution in [2.45, 2.75) is 46.1 Å². The molecule has 7 heteroatoms. The summed E-state index contributed by atoms with van der Waals surface area (Å²) in [5.74, 6) is 1.43. The molecule has 0 spiro atoms. The first-order chi connectivity index (χ1) is 12.4.